The second-order valence-corrected chi connectivity index (χ2v) is 8.55. The van der Waals surface area contributed by atoms with Crippen molar-refractivity contribution in [3.63, 3.8) is 0 Å². The van der Waals surface area contributed by atoms with Crippen molar-refractivity contribution in [2.45, 2.75) is 77.7 Å². The Bertz CT molecular complexity index is 520. The van der Waals surface area contributed by atoms with Crippen molar-refractivity contribution in [1.29, 1.82) is 0 Å². The molecule has 2 nitrogen and oxygen atoms in total. The van der Waals surface area contributed by atoms with Gasteiger partial charge in [0.05, 0.1) is 6.10 Å². The second kappa shape index (κ2) is 4.44. The summed E-state index contributed by atoms with van der Waals surface area (Å²) in [7, 11) is 0. The zero-order valence-corrected chi connectivity index (χ0v) is 13.5. The molecule has 0 spiro atoms. The maximum Gasteiger partial charge on any atom is 0.133 e. The Morgan fingerprint density at radius 2 is 1.86 bits per heavy atom. The van der Waals surface area contributed by atoms with E-state index in [0.29, 0.717) is 23.0 Å². The smallest absolute Gasteiger partial charge is 0.133 e. The average molecular weight is 288 g/mol. The summed E-state index contributed by atoms with van der Waals surface area (Å²) < 4.78 is 0. The van der Waals surface area contributed by atoms with Crippen LogP contribution in [0.5, 0.6) is 0 Å². The minimum atomic E-state index is -0.126. The maximum absolute atomic E-state index is 11.9. The van der Waals surface area contributed by atoms with E-state index in [0.717, 1.165) is 38.5 Å². The normalized spacial score (nSPS) is 49.7. The number of Topliss-reactive ketones (excluding diaryl/α,β-unsaturated/α-hetero) is 1. The van der Waals surface area contributed by atoms with Crippen molar-refractivity contribution < 1.29 is 9.90 Å². The minimum absolute atomic E-state index is 0.0690. The Morgan fingerprint density at radius 3 is 2.67 bits per heavy atom. The van der Waals surface area contributed by atoms with Crippen molar-refractivity contribution in [2.24, 2.45) is 22.7 Å². The number of aliphatic hydroxyl groups is 1. The van der Waals surface area contributed by atoms with Crippen LogP contribution in [0.15, 0.2) is 11.1 Å². The Kier molecular flexibility index (Phi) is 2.96. The lowest BCUT2D eigenvalue weighted by Gasteiger charge is -2.55. The van der Waals surface area contributed by atoms with Gasteiger partial charge < -0.3 is 5.11 Å². The highest BCUT2D eigenvalue weighted by Crippen LogP contribution is 2.63. The van der Waals surface area contributed by atoms with Crippen molar-refractivity contribution in [3.05, 3.63) is 11.1 Å². The Hall–Kier alpha value is -0.630. The minimum Gasteiger partial charge on any atom is -0.392 e. The molecule has 0 aromatic rings. The van der Waals surface area contributed by atoms with Crippen LogP contribution in [0.25, 0.3) is 0 Å². The molecular weight excluding hydrogens is 260 g/mol. The van der Waals surface area contributed by atoms with Gasteiger partial charge in [0.25, 0.3) is 0 Å². The fraction of sp³-hybridized carbons (Fsp3) is 0.842. The van der Waals surface area contributed by atoms with Crippen molar-refractivity contribution in [1.82, 2.24) is 0 Å². The van der Waals surface area contributed by atoms with Gasteiger partial charge in [-0.05, 0) is 62.2 Å². The summed E-state index contributed by atoms with van der Waals surface area (Å²) in [6, 6.07) is 0. The summed E-state index contributed by atoms with van der Waals surface area (Å²) in [4.78, 5) is 11.9. The highest BCUT2D eigenvalue weighted by molar-refractivity contribution is 5.79. The first-order valence-electron chi connectivity index (χ1n) is 8.87. The van der Waals surface area contributed by atoms with E-state index in [2.05, 4.69) is 13.8 Å². The Balaban J connectivity index is 1.74. The molecule has 0 bridgehead atoms. The van der Waals surface area contributed by atoms with Crippen molar-refractivity contribution in [3.8, 4) is 0 Å². The molecule has 3 fully saturated rings. The summed E-state index contributed by atoms with van der Waals surface area (Å²) in [5.41, 5.74) is 3.74. The number of hydrogen-bond donors (Lipinski definition) is 1. The summed E-state index contributed by atoms with van der Waals surface area (Å²) in [5, 5.41) is 10.4. The molecule has 4 aliphatic rings. The van der Waals surface area contributed by atoms with Gasteiger partial charge in [-0.3, -0.25) is 4.79 Å². The van der Waals surface area contributed by atoms with E-state index >= 15 is 0 Å². The van der Waals surface area contributed by atoms with E-state index in [-0.39, 0.29) is 11.5 Å². The standard InChI is InChI=1S/C19H28O2/c1-18-9-7-13(20)11-12(18)3-4-14-15-5-6-17(21)19(15,2)10-8-16(14)18/h12,16-17,21H,3-11H2,1-2H3/t12-,16-,17-,18-,19-/m0/s1. The SMILES string of the molecule is C[C@]12CCC(=O)C[C@@H]1CCC1=C3CC[C@H](O)[C@@]3(C)CC[C@@H]12. The molecule has 0 amide bonds. The highest BCUT2D eigenvalue weighted by Gasteiger charge is 2.54. The summed E-state index contributed by atoms with van der Waals surface area (Å²) in [5.74, 6) is 1.80. The number of carbonyl (C=O) groups excluding carboxylic acids is 1. The molecular formula is C19H28O2. The van der Waals surface area contributed by atoms with Gasteiger partial charge in [-0.1, -0.05) is 25.0 Å². The number of ketones is 1. The molecule has 4 rings (SSSR count). The van der Waals surface area contributed by atoms with Crippen LogP contribution in [0.4, 0.5) is 0 Å². The zero-order chi connectivity index (χ0) is 14.8. The largest absolute Gasteiger partial charge is 0.392 e. The number of hydrogen-bond acceptors (Lipinski definition) is 2. The van der Waals surface area contributed by atoms with Gasteiger partial charge >= 0.3 is 0 Å². The first-order valence-corrected chi connectivity index (χ1v) is 8.87. The van der Waals surface area contributed by atoms with Crippen LogP contribution in [0, 0.1) is 22.7 Å². The van der Waals surface area contributed by atoms with Crippen LogP contribution < -0.4 is 0 Å². The molecule has 0 unspecified atom stereocenters. The highest BCUT2D eigenvalue weighted by atomic mass is 16.3. The molecule has 0 aliphatic heterocycles. The first-order chi connectivity index (χ1) is 9.95. The van der Waals surface area contributed by atoms with E-state index in [4.69, 9.17) is 0 Å². The number of aliphatic hydroxyl groups excluding tert-OH is 1. The summed E-state index contributed by atoms with van der Waals surface area (Å²) in [6.45, 7) is 4.75. The van der Waals surface area contributed by atoms with Gasteiger partial charge in [0.15, 0.2) is 0 Å². The van der Waals surface area contributed by atoms with E-state index in [1.165, 1.54) is 19.3 Å². The molecule has 3 saturated carbocycles. The van der Waals surface area contributed by atoms with Crippen LogP contribution in [-0.4, -0.2) is 17.0 Å². The van der Waals surface area contributed by atoms with Crippen LogP contribution in [0.3, 0.4) is 0 Å². The summed E-state index contributed by atoms with van der Waals surface area (Å²) >= 11 is 0. The fourth-order valence-corrected chi connectivity index (χ4v) is 6.26. The number of rotatable bonds is 0. The topological polar surface area (TPSA) is 37.3 Å². The van der Waals surface area contributed by atoms with E-state index in [9.17, 15) is 9.90 Å². The van der Waals surface area contributed by atoms with Crippen LogP contribution in [0.2, 0.25) is 0 Å². The average Bonchev–Trinajstić information content (AvgIpc) is 2.76. The molecule has 0 radical (unpaired) electrons. The molecule has 1 N–H and O–H groups in total. The lowest BCUT2D eigenvalue weighted by Crippen LogP contribution is -2.47. The van der Waals surface area contributed by atoms with Crippen molar-refractivity contribution in [2.75, 3.05) is 0 Å². The van der Waals surface area contributed by atoms with E-state index < -0.39 is 0 Å². The molecule has 0 aromatic heterocycles. The van der Waals surface area contributed by atoms with Gasteiger partial charge in [0, 0.05) is 18.3 Å². The van der Waals surface area contributed by atoms with Crippen molar-refractivity contribution >= 4 is 5.78 Å². The predicted octanol–water partition coefficient (Wildman–Crippen LogP) is 4.02. The molecule has 4 aliphatic carbocycles. The van der Waals surface area contributed by atoms with E-state index in [1.807, 2.05) is 0 Å². The Labute approximate surface area is 128 Å². The van der Waals surface area contributed by atoms with Crippen LogP contribution >= 0.6 is 0 Å². The first kappa shape index (κ1) is 14.0. The monoisotopic (exact) mass is 288 g/mol. The third kappa shape index (κ3) is 1.78. The van der Waals surface area contributed by atoms with E-state index in [1.54, 1.807) is 11.1 Å². The molecule has 5 atom stereocenters. The van der Waals surface area contributed by atoms with Gasteiger partial charge in [-0.25, -0.2) is 0 Å². The van der Waals surface area contributed by atoms with Crippen LogP contribution in [0.1, 0.15) is 71.6 Å². The molecule has 116 valence electrons. The third-order valence-corrected chi connectivity index (χ3v) is 7.76. The zero-order valence-electron chi connectivity index (χ0n) is 13.5. The third-order valence-electron chi connectivity index (χ3n) is 7.76. The quantitative estimate of drug-likeness (QED) is 0.683. The lowest BCUT2D eigenvalue weighted by atomic mass is 9.49. The molecule has 0 saturated heterocycles. The molecule has 21 heavy (non-hydrogen) atoms. The Morgan fingerprint density at radius 1 is 1.05 bits per heavy atom. The van der Waals surface area contributed by atoms with Gasteiger partial charge in [0.2, 0.25) is 0 Å². The summed E-state index contributed by atoms with van der Waals surface area (Å²) in [6.07, 6.45) is 9.43. The molecule has 0 aromatic carbocycles. The predicted molar refractivity (Wildman–Crippen MR) is 82.8 cm³/mol. The second-order valence-electron chi connectivity index (χ2n) is 8.55. The lowest BCUT2D eigenvalue weighted by molar-refractivity contribution is -0.127. The molecule has 0 heterocycles. The van der Waals surface area contributed by atoms with Gasteiger partial charge in [-0.2, -0.15) is 0 Å². The number of carbonyl (C=O) groups is 1. The van der Waals surface area contributed by atoms with Gasteiger partial charge in [-0.15, -0.1) is 0 Å². The fourth-order valence-electron chi connectivity index (χ4n) is 6.26. The number of fused-ring (bicyclic) bond motifs is 4. The molecule has 2 heteroatoms. The maximum atomic E-state index is 11.9. The van der Waals surface area contributed by atoms with Gasteiger partial charge in [0.1, 0.15) is 5.78 Å². The number of allylic oxidation sites excluding steroid dienone is 1. The van der Waals surface area contributed by atoms with Crippen LogP contribution in [-0.2, 0) is 4.79 Å².